The maximum atomic E-state index is 14.4. The average Bonchev–Trinajstić information content (AvgIpc) is 3.38. The third-order valence-corrected chi connectivity index (χ3v) is 10.5. The predicted octanol–water partition coefficient (Wildman–Crippen LogP) is 4.20. The molecule has 1 aromatic carbocycles. The number of aromatic nitrogens is 1. The summed E-state index contributed by atoms with van der Waals surface area (Å²) in [5, 5.41) is 16.1. The highest BCUT2D eigenvalue weighted by atomic mass is 16.6. The monoisotopic (exact) mass is 706 g/mol. The first-order valence-electron chi connectivity index (χ1n) is 17.8. The quantitative estimate of drug-likeness (QED) is 0.277. The number of hydrogen-bond acceptors (Lipinski definition) is 10. The Balaban J connectivity index is 1.32. The number of benzene rings is 1. The molecule has 51 heavy (non-hydrogen) atoms. The molecule has 2 saturated carbocycles. The smallest absolute Gasteiger partial charge is 0.408 e. The molecular formula is C37H46N4O10. The molecule has 0 bridgehead atoms. The predicted molar refractivity (Wildman–Crippen MR) is 183 cm³/mol. The van der Waals surface area contributed by atoms with Crippen molar-refractivity contribution in [2.24, 2.45) is 5.92 Å². The molecule has 1 saturated heterocycles. The average molecular weight is 707 g/mol. The van der Waals surface area contributed by atoms with Gasteiger partial charge in [-0.15, -0.1) is 0 Å². The number of aromatic carboxylic acids is 1. The topological polar surface area (TPSA) is 183 Å². The highest BCUT2D eigenvalue weighted by Crippen LogP contribution is 2.46. The SMILES string of the molecule is COC(=O)[C@@]12CC1/C=C\CCCCC[C@H](NC(=O)OC1CCCC1)C(=O)N1C[C@H](Oc3cc(C(=O)O)nc4c(C)c(OC)ccc34)C[C@H]1C(=O)N2. The highest BCUT2D eigenvalue weighted by Gasteiger charge is 2.62. The number of nitrogens with zero attached hydrogens (tertiary/aromatic N) is 2. The van der Waals surface area contributed by atoms with E-state index in [0.717, 1.165) is 44.9 Å². The zero-order valence-electron chi connectivity index (χ0n) is 29.3. The summed E-state index contributed by atoms with van der Waals surface area (Å²) >= 11 is 0. The van der Waals surface area contributed by atoms with Gasteiger partial charge in [0, 0.05) is 29.4 Å². The fourth-order valence-electron chi connectivity index (χ4n) is 7.64. The van der Waals surface area contributed by atoms with Crippen molar-refractivity contribution < 1.29 is 48.0 Å². The molecule has 3 fully saturated rings. The molecule has 3 N–H and O–H groups in total. The number of esters is 1. The molecule has 14 heteroatoms. The lowest BCUT2D eigenvalue weighted by Gasteiger charge is -2.29. The van der Waals surface area contributed by atoms with Crippen molar-refractivity contribution in [2.45, 2.75) is 107 Å². The normalized spacial score (nSPS) is 27.6. The number of allylic oxidation sites excluding steroid dienone is 1. The van der Waals surface area contributed by atoms with E-state index in [2.05, 4.69) is 15.6 Å². The molecule has 6 rings (SSSR count). The third-order valence-electron chi connectivity index (χ3n) is 10.5. The summed E-state index contributed by atoms with van der Waals surface area (Å²) < 4.78 is 22.6. The van der Waals surface area contributed by atoms with Crippen LogP contribution in [0.15, 0.2) is 30.4 Å². The molecule has 0 radical (unpaired) electrons. The zero-order valence-corrected chi connectivity index (χ0v) is 29.3. The van der Waals surface area contributed by atoms with Crippen LogP contribution in [0.2, 0.25) is 0 Å². The van der Waals surface area contributed by atoms with Crippen LogP contribution in [0.25, 0.3) is 10.9 Å². The molecule has 2 aromatic rings. The van der Waals surface area contributed by atoms with Crippen LogP contribution in [0.3, 0.4) is 0 Å². The van der Waals surface area contributed by atoms with Crippen LogP contribution < -0.4 is 20.1 Å². The highest BCUT2D eigenvalue weighted by molar-refractivity contribution is 5.97. The molecule has 1 unspecified atom stereocenters. The maximum absolute atomic E-state index is 14.4. The van der Waals surface area contributed by atoms with Gasteiger partial charge in [-0.2, -0.15) is 0 Å². The van der Waals surface area contributed by atoms with Gasteiger partial charge >= 0.3 is 18.0 Å². The molecule has 2 aliphatic carbocycles. The van der Waals surface area contributed by atoms with Gasteiger partial charge in [0.25, 0.3) is 0 Å². The van der Waals surface area contributed by atoms with Gasteiger partial charge < -0.3 is 39.6 Å². The summed E-state index contributed by atoms with van der Waals surface area (Å²) in [5.74, 6) is -2.35. The van der Waals surface area contributed by atoms with Gasteiger partial charge in [-0.25, -0.2) is 19.4 Å². The molecule has 3 amide bonds. The number of amides is 3. The number of ether oxygens (including phenoxy) is 4. The first-order valence-corrected chi connectivity index (χ1v) is 17.8. The third kappa shape index (κ3) is 7.59. The second kappa shape index (κ2) is 15.2. The van der Waals surface area contributed by atoms with E-state index in [4.69, 9.17) is 18.9 Å². The standard InChI is InChI=1S/C37H46N4O10/c1-21-29(48-2)16-15-25-30(18-27(34(44)45)38-31(21)25)50-24-17-28-32(42)40-37(35(46)49-3)19-22(37)11-7-5-4-6-8-14-26(33(43)41(28)20-24)39-36(47)51-23-12-9-10-13-23/h7,11,15-16,18,22-24,26,28H,4-6,8-10,12-14,17,19-20H2,1-3H3,(H,39,47)(H,40,42)(H,44,45)/b11-7-/t22?,24-,26+,28+,37-/m1/s1. The molecule has 2 aliphatic heterocycles. The molecular weight excluding hydrogens is 660 g/mol. The first kappa shape index (κ1) is 35.9. The maximum Gasteiger partial charge on any atom is 0.408 e. The second-order valence-corrected chi connectivity index (χ2v) is 13.9. The van der Waals surface area contributed by atoms with Crippen LogP contribution >= 0.6 is 0 Å². The Bertz CT molecular complexity index is 1720. The van der Waals surface area contributed by atoms with Crippen LogP contribution in [0.1, 0.15) is 86.7 Å². The van der Waals surface area contributed by atoms with Crippen molar-refractivity contribution in [1.82, 2.24) is 20.5 Å². The number of fused-ring (bicyclic) bond motifs is 3. The van der Waals surface area contributed by atoms with E-state index in [0.29, 0.717) is 41.5 Å². The van der Waals surface area contributed by atoms with E-state index in [-0.39, 0.29) is 36.4 Å². The number of hydrogen-bond donors (Lipinski definition) is 3. The Labute approximate surface area is 296 Å². The summed E-state index contributed by atoms with van der Waals surface area (Å²) in [7, 11) is 2.78. The van der Waals surface area contributed by atoms with Crippen LogP contribution in [0.5, 0.6) is 11.5 Å². The number of rotatable bonds is 7. The zero-order chi connectivity index (χ0) is 36.3. The molecule has 274 valence electrons. The number of pyridine rings is 1. The Hall–Kier alpha value is -4.88. The molecule has 5 atom stereocenters. The van der Waals surface area contributed by atoms with E-state index < -0.39 is 53.6 Å². The van der Waals surface area contributed by atoms with Crippen LogP contribution in [-0.2, 0) is 23.9 Å². The summed E-state index contributed by atoms with van der Waals surface area (Å²) in [6.45, 7) is 1.73. The minimum absolute atomic E-state index is 0.0376. The van der Waals surface area contributed by atoms with Gasteiger partial charge in [-0.3, -0.25) is 9.59 Å². The Morgan fingerprint density at radius 2 is 1.78 bits per heavy atom. The lowest BCUT2D eigenvalue weighted by molar-refractivity contribution is -0.148. The summed E-state index contributed by atoms with van der Waals surface area (Å²) in [6, 6.07) is 2.75. The number of carboxylic acids is 1. The van der Waals surface area contributed by atoms with Crippen molar-refractivity contribution >= 4 is 40.7 Å². The number of carbonyl (C=O) groups is 5. The van der Waals surface area contributed by atoms with Crippen LogP contribution in [0.4, 0.5) is 4.79 Å². The minimum Gasteiger partial charge on any atom is -0.496 e. The van der Waals surface area contributed by atoms with Gasteiger partial charge in [0.05, 0.1) is 26.3 Å². The van der Waals surface area contributed by atoms with Crippen LogP contribution in [0, 0.1) is 12.8 Å². The van der Waals surface area contributed by atoms with E-state index in [1.54, 1.807) is 19.1 Å². The lowest BCUT2D eigenvalue weighted by atomic mass is 10.0. The fraction of sp³-hybridized carbons (Fsp3) is 0.568. The number of methoxy groups -OCH3 is 2. The summed E-state index contributed by atoms with van der Waals surface area (Å²) in [6.07, 6.45) is 9.63. The fourth-order valence-corrected chi connectivity index (χ4v) is 7.64. The Morgan fingerprint density at radius 1 is 1.02 bits per heavy atom. The van der Waals surface area contributed by atoms with E-state index in [9.17, 15) is 29.1 Å². The Kier molecular flexibility index (Phi) is 10.7. The van der Waals surface area contributed by atoms with Gasteiger partial charge in [0.15, 0.2) is 5.69 Å². The summed E-state index contributed by atoms with van der Waals surface area (Å²) in [5.41, 5.74) is -0.499. The van der Waals surface area contributed by atoms with Gasteiger partial charge in [-0.1, -0.05) is 25.0 Å². The van der Waals surface area contributed by atoms with E-state index >= 15 is 0 Å². The molecule has 14 nitrogen and oxygen atoms in total. The Morgan fingerprint density at radius 3 is 2.51 bits per heavy atom. The van der Waals surface area contributed by atoms with Gasteiger partial charge in [0.2, 0.25) is 11.8 Å². The number of carboxylic acid groups (broad SMARTS) is 1. The molecule has 4 aliphatic rings. The van der Waals surface area contributed by atoms with Crippen molar-refractivity contribution in [3.63, 3.8) is 0 Å². The van der Waals surface area contributed by atoms with Crippen molar-refractivity contribution in [3.05, 3.63) is 41.6 Å². The molecule has 0 spiro atoms. The molecule has 1 aromatic heterocycles. The van der Waals surface area contributed by atoms with E-state index in [1.807, 2.05) is 12.2 Å². The lowest BCUT2D eigenvalue weighted by Crippen LogP contribution is -2.56. The van der Waals surface area contributed by atoms with Crippen molar-refractivity contribution in [2.75, 3.05) is 20.8 Å². The van der Waals surface area contributed by atoms with Gasteiger partial charge in [0.1, 0.15) is 41.3 Å². The van der Waals surface area contributed by atoms with Crippen LogP contribution in [-0.4, -0.2) is 95.4 Å². The largest absolute Gasteiger partial charge is 0.496 e. The number of aryl methyl sites for hydroxylation is 1. The number of carbonyl (C=O) groups excluding carboxylic acids is 4. The summed E-state index contributed by atoms with van der Waals surface area (Å²) in [4.78, 5) is 72.5. The van der Waals surface area contributed by atoms with E-state index in [1.165, 1.54) is 25.2 Å². The number of alkyl carbamates (subject to hydrolysis) is 1. The van der Waals surface area contributed by atoms with Crippen molar-refractivity contribution in [1.29, 1.82) is 0 Å². The first-order chi connectivity index (χ1) is 24.5. The minimum atomic E-state index is -1.26. The second-order valence-electron chi connectivity index (χ2n) is 13.9. The number of nitrogens with one attached hydrogen (secondary N) is 2. The molecule has 3 heterocycles. The van der Waals surface area contributed by atoms with Gasteiger partial charge in [-0.05, 0) is 70.4 Å². The van der Waals surface area contributed by atoms with Crippen molar-refractivity contribution in [3.8, 4) is 11.5 Å².